The Balaban J connectivity index is 1.88. The van der Waals surface area contributed by atoms with Crippen LogP contribution in [0.2, 0.25) is 0 Å². The Morgan fingerprint density at radius 3 is 1.82 bits per heavy atom. The highest BCUT2D eigenvalue weighted by Gasteiger charge is 2.42. The van der Waals surface area contributed by atoms with E-state index < -0.39 is 31.6 Å². The fourth-order valence-corrected chi connectivity index (χ4v) is 5.33. The molecule has 0 bridgehead atoms. The molecular formula is C19H19Cl3N2O3S. The Hall–Kier alpha value is -1.31. The van der Waals surface area contributed by atoms with Gasteiger partial charge in [-0.3, -0.25) is 4.79 Å². The summed E-state index contributed by atoms with van der Waals surface area (Å²) in [6, 6.07) is 17.8. The molecule has 1 amide bonds. The zero-order valence-electron chi connectivity index (χ0n) is 14.7. The van der Waals surface area contributed by atoms with Gasteiger partial charge in [-0.05, 0) is 11.1 Å². The highest BCUT2D eigenvalue weighted by molar-refractivity contribution is 7.91. The number of amides is 1. The Bertz CT molecular complexity index is 879. The van der Waals surface area contributed by atoms with Crippen LogP contribution in [0.4, 0.5) is 0 Å². The van der Waals surface area contributed by atoms with E-state index in [-0.39, 0.29) is 17.5 Å². The van der Waals surface area contributed by atoms with Gasteiger partial charge < -0.3 is 10.6 Å². The van der Waals surface area contributed by atoms with E-state index in [4.69, 9.17) is 34.8 Å². The predicted molar refractivity (Wildman–Crippen MR) is 113 cm³/mol. The van der Waals surface area contributed by atoms with Crippen molar-refractivity contribution in [3.05, 3.63) is 71.8 Å². The minimum absolute atomic E-state index is 0.117. The number of benzene rings is 2. The lowest BCUT2D eigenvalue weighted by Gasteiger charge is -2.28. The Morgan fingerprint density at radius 1 is 0.893 bits per heavy atom. The van der Waals surface area contributed by atoms with Gasteiger partial charge in [-0.2, -0.15) is 0 Å². The van der Waals surface area contributed by atoms with E-state index in [1.165, 1.54) is 0 Å². The van der Waals surface area contributed by atoms with Gasteiger partial charge in [0.25, 0.3) is 9.70 Å². The number of hydrogen-bond acceptors (Lipinski definition) is 4. The van der Waals surface area contributed by atoms with Crippen LogP contribution >= 0.6 is 34.8 Å². The first kappa shape index (κ1) is 21.4. The number of rotatable bonds is 5. The molecule has 1 heterocycles. The van der Waals surface area contributed by atoms with Gasteiger partial charge in [0.2, 0.25) is 0 Å². The molecule has 2 aromatic carbocycles. The van der Waals surface area contributed by atoms with E-state index >= 15 is 0 Å². The molecule has 0 saturated carbocycles. The van der Waals surface area contributed by atoms with Crippen LogP contribution in [0.1, 0.15) is 17.2 Å². The third-order valence-corrected chi connectivity index (χ3v) is 6.82. The van der Waals surface area contributed by atoms with Crippen LogP contribution < -0.4 is 10.6 Å². The predicted octanol–water partition coefficient (Wildman–Crippen LogP) is 3.02. The fourth-order valence-electron chi connectivity index (χ4n) is 3.29. The summed E-state index contributed by atoms with van der Waals surface area (Å²) < 4.78 is 22.3. The quantitative estimate of drug-likeness (QED) is 0.671. The molecule has 1 aliphatic rings. The summed E-state index contributed by atoms with van der Waals surface area (Å²) in [5, 5.41) is 5.94. The van der Waals surface area contributed by atoms with Crippen LogP contribution in [0.5, 0.6) is 0 Å². The van der Waals surface area contributed by atoms with E-state index in [1.54, 1.807) is 0 Å². The maximum atomic E-state index is 12.2. The standard InChI is InChI=1S/C19H19Cl3N2O3S/c20-19(21,22)18(25)24-16-12-28(26,27)11-15(16)23-17(13-7-3-1-4-8-13)14-9-5-2-6-10-14/h1-10,15-17,23H,11-12H2,(H,24,25)/t15-,16-/m0/s1. The van der Waals surface area contributed by atoms with E-state index in [9.17, 15) is 13.2 Å². The first-order valence-electron chi connectivity index (χ1n) is 8.60. The SMILES string of the molecule is O=C(N[C@H]1CS(=O)(=O)C[C@@H]1NC(c1ccccc1)c1ccccc1)C(Cl)(Cl)Cl. The van der Waals surface area contributed by atoms with Crippen LogP contribution in [0.3, 0.4) is 0 Å². The number of halogens is 3. The van der Waals surface area contributed by atoms with Crippen LogP contribution in [0.25, 0.3) is 0 Å². The van der Waals surface area contributed by atoms with E-state index in [2.05, 4.69) is 10.6 Å². The molecule has 0 spiro atoms. The van der Waals surface area contributed by atoms with Crippen LogP contribution in [0.15, 0.2) is 60.7 Å². The minimum Gasteiger partial charge on any atom is -0.347 e. The second kappa shape index (κ2) is 8.59. The van der Waals surface area contributed by atoms with Crippen molar-refractivity contribution >= 4 is 50.5 Å². The molecule has 0 unspecified atom stereocenters. The van der Waals surface area contributed by atoms with Crippen LogP contribution in [0, 0.1) is 0 Å². The summed E-state index contributed by atoms with van der Waals surface area (Å²) in [5.74, 6) is -1.18. The lowest BCUT2D eigenvalue weighted by molar-refractivity contribution is -0.120. The largest absolute Gasteiger partial charge is 0.347 e. The summed E-state index contributed by atoms with van der Waals surface area (Å²) in [5.41, 5.74) is 1.95. The van der Waals surface area contributed by atoms with Crippen molar-refractivity contribution in [1.29, 1.82) is 0 Å². The smallest absolute Gasteiger partial charge is 0.272 e. The summed E-state index contributed by atoms with van der Waals surface area (Å²) in [7, 11) is -3.35. The molecule has 0 radical (unpaired) electrons. The summed E-state index contributed by atoms with van der Waals surface area (Å²) >= 11 is 16.9. The van der Waals surface area contributed by atoms with Gasteiger partial charge in [-0.1, -0.05) is 95.5 Å². The Kier molecular flexibility index (Phi) is 6.57. The number of nitrogens with one attached hydrogen (secondary N) is 2. The third-order valence-electron chi connectivity index (χ3n) is 4.57. The van der Waals surface area contributed by atoms with Gasteiger partial charge in [0.15, 0.2) is 9.84 Å². The Morgan fingerprint density at radius 2 is 1.36 bits per heavy atom. The van der Waals surface area contributed by atoms with Crippen LogP contribution in [-0.2, 0) is 14.6 Å². The highest BCUT2D eigenvalue weighted by Crippen LogP contribution is 2.28. The Labute approximate surface area is 179 Å². The molecule has 2 aromatic rings. The minimum atomic E-state index is -3.35. The summed E-state index contributed by atoms with van der Waals surface area (Å²) in [6.45, 7) is 0. The van der Waals surface area contributed by atoms with E-state index in [0.29, 0.717) is 0 Å². The number of alkyl halides is 3. The van der Waals surface area contributed by atoms with Gasteiger partial charge in [-0.25, -0.2) is 8.42 Å². The number of carbonyl (C=O) groups excluding carboxylic acids is 1. The van der Waals surface area contributed by atoms with Crippen molar-refractivity contribution in [3.63, 3.8) is 0 Å². The van der Waals surface area contributed by atoms with Gasteiger partial charge in [-0.15, -0.1) is 0 Å². The molecule has 1 aliphatic heterocycles. The number of carbonyl (C=O) groups is 1. The van der Waals surface area contributed by atoms with Crippen molar-refractivity contribution in [2.24, 2.45) is 0 Å². The second-order valence-corrected chi connectivity index (χ2v) is 11.1. The molecule has 5 nitrogen and oxygen atoms in total. The first-order chi connectivity index (χ1) is 13.2. The first-order valence-corrected chi connectivity index (χ1v) is 11.6. The zero-order valence-corrected chi connectivity index (χ0v) is 17.8. The number of hydrogen-bond donors (Lipinski definition) is 2. The van der Waals surface area contributed by atoms with Crippen LogP contribution in [-0.4, -0.2) is 41.7 Å². The average Bonchev–Trinajstić information content (AvgIpc) is 2.93. The van der Waals surface area contributed by atoms with E-state index in [1.807, 2.05) is 60.7 Å². The molecule has 0 aromatic heterocycles. The zero-order chi connectivity index (χ0) is 20.4. The molecule has 0 aliphatic carbocycles. The summed E-state index contributed by atoms with van der Waals surface area (Å²) in [6.07, 6.45) is 0. The van der Waals surface area contributed by atoms with Gasteiger partial charge in [0, 0.05) is 6.04 Å². The molecule has 3 rings (SSSR count). The fraction of sp³-hybridized carbons (Fsp3) is 0.316. The molecular weight excluding hydrogens is 443 g/mol. The van der Waals surface area contributed by atoms with Gasteiger partial charge in [0.05, 0.1) is 23.6 Å². The average molecular weight is 462 g/mol. The van der Waals surface area contributed by atoms with Crippen molar-refractivity contribution in [3.8, 4) is 0 Å². The van der Waals surface area contributed by atoms with Crippen molar-refractivity contribution in [2.75, 3.05) is 11.5 Å². The van der Waals surface area contributed by atoms with Crippen molar-refractivity contribution in [1.82, 2.24) is 10.6 Å². The van der Waals surface area contributed by atoms with Crippen molar-refractivity contribution in [2.45, 2.75) is 21.9 Å². The maximum Gasteiger partial charge on any atom is 0.272 e. The summed E-state index contributed by atoms with van der Waals surface area (Å²) in [4.78, 5) is 12.1. The van der Waals surface area contributed by atoms with Crippen molar-refractivity contribution < 1.29 is 13.2 Å². The molecule has 1 saturated heterocycles. The van der Waals surface area contributed by atoms with Gasteiger partial charge >= 0.3 is 0 Å². The molecule has 1 fully saturated rings. The maximum absolute atomic E-state index is 12.2. The third kappa shape index (κ3) is 5.39. The molecule has 28 heavy (non-hydrogen) atoms. The number of sulfone groups is 1. The second-order valence-electron chi connectivity index (χ2n) is 6.68. The normalized spacial score (nSPS) is 21.6. The van der Waals surface area contributed by atoms with Gasteiger partial charge in [0.1, 0.15) is 0 Å². The monoisotopic (exact) mass is 460 g/mol. The topological polar surface area (TPSA) is 75.3 Å². The lowest BCUT2D eigenvalue weighted by atomic mass is 9.97. The highest BCUT2D eigenvalue weighted by atomic mass is 35.6. The van der Waals surface area contributed by atoms with E-state index in [0.717, 1.165) is 11.1 Å². The molecule has 150 valence electrons. The molecule has 2 atom stereocenters. The molecule has 9 heteroatoms. The molecule has 2 N–H and O–H groups in total. The lowest BCUT2D eigenvalue weighted by Crippen LogP contribution is -2.52.